The molecule has 0 bridgehead atoms. The van der Waals surface area contributed by atoms with Crippen LogP contribution >= 0.6 is 0 Å². The molecule has 0 aromatic heterocycles. The summed E-state index contributed by atoms with van der Waals surface area (Å²) in [6.45, 7) is 8.30. The van der Waals surface area contributed by atoms with Gasteiger partial charge in [0.05, 0.1) is 16.9 Å². The molecule has 2 aliphatic rings. The highest BCUT2D eigenvalue weighted by molar-refractivity contribution is 6.10. The molecule has 0 aliphatic carbocycles. The molecule has 0 radical (unpaired) electrons. The van der Waals surface area contributed by atoms with Crippen LogP contribution in [0.5, 0.6) is 0 Å². The molecule has 27 heavy (non-hydrogen) atoms. The van der Waals surface area contributed by atoms with Crippen LogP contribution in [0.15, 0.2) is 51.9 Å². The first-order valence-corrected chi connectivity index (χ1v) is 9.00. The van der Waals surface area contributed by atoms with Gasteiger partial charge in [-0.1, -0.05) is 24.3 Å². The Kier molecular flexibility index (Phi) is 5.08. The lowest BCUT2D eigenvalue weighted by Gasteiger charge is -2.19. The highest BCUT2D eigenvalue weighted by Gasteiger charge is 2.34. The Hall–Kier alpha value is -2.64. The average Bonchev–Trinajstić information content (AvgIpc) is 2.95. The number of hydrogen-bond acceptors (Lipinski definition) is 7. The van der Waals surface area contributed by atoms with Gasteiger partial charge in [-0.2, -0.15) is 0 Å². The minimum atomic E-state index is -0.858. The Morgan fingerprint density at radius 1 is 1.41 bits per heavy atom. The van der Waals surface area contributed by atoms with Crippen molar-refractivity contribution in [2.45, 2.75) is 45.9 Å². The number of nitrogens with zero attached hydrogens (tertiary/aromatic N) is 1. The molecule has 0 saturated heterocycles. The maximum absolute atomic E-state index is 10.1. The fraction of sp³-hybridized carbons (Fsp3) is 0.400. The molecule has 0 spiro atoms. The smallest absolute Gasteiger partial charge is 0.221 e. The van der Waals surface area contributed by atoms with Gasteiger partial charge in [0.2, 0.25) is 5.90 Å². The zero-order valence-corrected chi connectivity index (χ0v) is 16.2. The molecular formula is C20H27N5O2. The van der Waals surface area contributed by atoms with Gasteiger partial charge in [-0.15, -0.1) is 0 Å². The van der Waals surface area contributed by atoms with Crippen LogP contribution in [0.4, 0.5) is 0 Å². The summed E-state index contributed by atoms with van der Waals surface area (Å²) in [4.78, 5) is 4.44. The predicted octanol–water partition coefficient (Wildman–Crippen LogP) is 1.85. The zero-order valence-electron chi connectivity index (χ0n) is 16.2. The molecule has 6 N–H and O–H groups in total. The first-order chi connectivity index (χ1) is 12.7. The van der Waals surface area contributed by atoms with Gasteiger partial charge in [0.1, 0.15) is 6.67 Å². The lowest BCUT2D eigenvalue weighted by atomic mass is 9.97. The van der Waals surface area contributed by atoms with E-state index in [2.05, 4.69) is 15.6 Å². The van der Waals surface area contributed by atoms with Crippen molar-refractivity contribution in [3.8, 4) is 0 Å². The molecule has 7 nitrogen and oxygen atoms in total. The summed E-state index contributed by atoms with van der Waals surface area (Å²) in [5, 5.41) is 24.7. The van der Waals surface area contributed by atoms with Crippen LogP contribution in [-0.2, 0) is 16.9 Å². The number of amidine groups is 1. The van der Waals surface area contributed by atoms with Crippen LogP contribution in [0.2, 0.25) is 0 Å². The molecule has 1 unspecified atom stereocenters. The second-order valence-electron chi connectivity index (χ2n) is 7.43. The lowest BCUT2D eigenvalue weighted by molar-refractivity contribution is 0.0786. The largest absolute Gasteiger partial charge is 0.433 e. The van der Waals surface area contributed by atoms with Crippen molar-refractivity contribution in [1.82, 2.24) is 10.6 Å². The van der Waals surface area contributed by atoms with E-state index in [1.54, 1.807) is 13.8 Å². The van der Waals surface area contributed by atoms with E-state index in [0.29, 0.717) is 30.4 Å². The van der Waals surface area contributed by atoms with E-state index in [0.717, 1.165) is 22.4 Å². The minimum absolute atomic E-state index is 0.0910. The molecule has 2 heterocycles. The maximum Gasteiger partial charge on any atom is 0.221 e. The van der Waals surface area contributed by atoms with Gasteiger partial charge in [0.15, 0.2) is 11.6 Å². The molecule has 144 valence electrons. The topological polar surface area (TPSA) is 116 Å². The number of nitrogens with two attached hydrogens (primary N) is 1. The van der Waals surface area contributed by atoms with E-state index in [-0.39, 0.29) is 11.9 Å². The van der Waals surface area contributed by atoms with Crippen molar-refractivity contribution >= 4 is 11.7 Å². The second-order valence-corrected chi connectivity index (χ2v) is 7.43. The number of ether oxygens (including phenoxy) is 1. The third kappa shape index (κ3) is 3.89. The van der Waals surface area contributed by atoms with E-state index >= 15 is 0 Å². The number of rotatable bonds is 4. The van der Waals surface area contributed by atoms with Gasteiger partial charge in [-0.25, -0.2) is 4.99 Å². The first-order valence-electron chi connectivity index (χ1n) is 9.00. The maximum atomic E-state index is 10.1. The minimum Gasteiger partial charge on any atom is -0.433 e. The van der Waals surface area contributed by atoms with Crippen LogP contribution < -0.4 is 16.4 Å². The van der Waals surface area contributed by atoms with Gasteiger partial charge < -0.3 is 26.2 Å². The predicted molar refractivity (Wildman–Crippen MR) is 106 cm³/mol. The number of aliphatic imine (C=N–C) groups is 1. The van der Waals surface area contributed by atoms with Gasteiger partial charge in [-0.05, 0) is 44.4 Å². The van der Waals surface area contributed by atoms with Crippen LogP contribution in [0.1, 0.15) is 38.8 Å². The van der Waals surface area contributed by atoms with Gasteiger partial charge in [0, 0.05) is 12.6 Å². The summed E-state index contributed by atoms with van der Waals surface area (Å²) in [5.74, 6) is 1.25. The van der Waals surface area contributed by atoms with Crippen molar-refractivity contribution in [2.24, 2.45) is 10.7 Å². The highest BCUT2D eigenvalue weighted by atomic mass is 16.5. The average molecular weight is 369 g/mol. The third-order valence-corrected chi connectivity index (χ3v) is 4.81. The summed E-state index contributed by atoms with van der Waals surface area (Å²) in [6.07, 6.45) is 0. The van der Waals surface area contributed by atoms with E-state index in [9.17, 15) is 5.11 Å². The quantitative estimate of drug-likeness (QED) is 0.555. The molecule has 1 atom stereocenters. The fourth-order valence-corrected chi connectivity index (χ4v) is 2.99. The summed E-state index contributed by atoms with van der Waals surface area (Å²) in [6, 6.07) is 7.61. The van der Waals surface area contributed by atoms with Crippen LogP contribution in [-0.4, -0.2) is 29.6 Å². The van der Waals surface area contributed by atoms with E-state index in [4.69, 9.17) is 15.9 Å². The number of benzene rings is 1. The SMILES string of the molecule is C/C(=C1/C(=N)OC2=C1NCN=C2NCc1ccc(C(C)(C)O)cc1)C(C)N. The van der Waals surface area contributed by atoms with Crippen molar-refractivity contribution in [2.75, 3.05) is 6.67 Å². The summed E-state index contributed by atoms with van der Waals surface area (Å²) >= 11 is 0. The van der Waals surface area contributed by atoms with Crippen molar-refractivity contribution in [1.29, 1.82) is 5.41 Å². The highest BCUT2D eigenvalue weighted by Crippen LogP contribution is 2.30. The normalized spacial score (nSPS) is 19.8. The van der Waals surface area contributed by atoms with Crippen molar-refractivity contribution in [3.05, 3.63) is 58.0 Å². The molecule has 2 aliphatic heterocycles. The first kappa shape index (κ1) is 19.1. The number of aliphatic hydroxyl groups is 1. The van der Waals surface area contributed by atoms with Gasteiger partial charge >= 0.3 is 0 Å². The van der Waals surface area contributed by atoms with Crippen LogP contribution in [0, 0.1) is 5.41 Å². The zero-order chi connectivity index (χ0) is 19.8. The van der Waals surface area contributed by atoms with Crippen molar-refractivity contribution in [3.63, 3.8) is 0 Å². The molecule has 7 heteroatoms. The summed E-state index contributed by atoms with van der Waals surface area (Å²) in [7, 11) is 0. The van der Waals surface area contributed by atoms with Crippen LogP contribution in [0.3, 0.4) is 0 Å². The molecule has 1 aromatic carbocycles. The third-order valence-electron chi connectivity index (χ3n) is 4.81. The molecule has 3 rings (SSSR count). The monoisotopic (exact) mass is 369 g/mol. The molecule has 1 aromatic rings. The Labute approximate surface area is 159 Å². The lowest BCUT2D eigenvalue weighted by Crippen LogP contribution is -2.33. The van der Waals surface area contributed by atoms with Crippen molar-refractivity contribution < 1.29 is 9.84 Å². The van der Waals surface area contributed by atoms with E-state index in [1.165, 1.54) is 0 Å². The van der Waals surface area contributed by atoms with Crippen LogP contribution in [0.25, 0.3) is 0 Å². The second kappa shape index (κ2) is 7.17. The van der Waals surface area contributed by atoms with Gasteiger partial charge in [-0.3, -0.25) is 5.41 Å². The Morgan fingerprint density at radius 3 is 2.67 bits per heavy atom. The number of hydrogen-bond donors (Lipinski definition) is 5. The fourth-order valence-electron chi connectivity index (χ4n) is 2.99. The van der Waals surface area contributed by atoms with E-state index < -0.39 is 5.60 Å². The standard InChI is InChI=1S/C20H27N5O2/c1-11(12(2)21)15-16-17(27-18(15)22)19(25-10-24-16)23-9-13-5-7-14(8-6-13)20(3,4)26/h5-8,12,22,24,26H,9-10,21H2,1-4H3,(H,23,25)/b15-11-,22-18?. The Morgan fingerprint density at radius 2 is 2.07 bits per heavy atom. The van der Waals surface area contributed by atoms with Gasteiger partial charge in [0.25, 0.3) is 0 Å². The molecular weight excluding hydrogens is 342 g/mol. The molecule has 0 fully saturated rings. The molecule has 0 saturated carbocycles. The summed E-state index contributed by atoms with van der Waals surface area (Å²) < 4.78 is 5.67. The van der Waals surface area contributed by atoms with E-state index in [1.807, 2.05) is 38.1 Å². The number of nitrogens with one attached hydrogen (secondary N) is 3. The Balaban J connectivity index is 1.77. The summed E-state index contributed by atoms with van der Waals surface area (Å²) in [5.41, 5.74) is 9.44. The molecule has 0 amide bonds. The Bertz CT molecular complexity index is 842.